The number of hydrogen-bond acceptors (Lipinski definition) is 4. The summed E-state index contributed by atoms with van der Waals surface area (Å²) < 4.78 is 39.2. The van der Waals surface area contributed by atoms with E-state index < -0.39 is 23.4 Å². The maximum Gasteiger partial charge on any atom is 0.435 e. The molecule has 0 saturated carbocycles. The van der Waals surface area contributed by atoms with Gasteiger partial charge in [-0.25, -0.2) is 14.3 Å². The van der Waals surface area contributed by atoms with Gasteiger partial charge >= 0.3 is 12.1 Å². The summed E-state index contributed by atoms with van der Waals surface area (Å²) in [6.07, 6.45) is -2.04. The van der Waals surface area contributed by atoms with Crippen LogP contribution in [0.15, 0.2) is 18.5 Å². The van der Waals surface area contributed by atoms with Crippen molar-refractivity contribution in [1.82, 2.24) is 14.6 Å². The molecule has 0 saturated heterocycles. The van der Waals surface area contributed by atoms with Crippen LogP contribution in [-0.4, -0.2) is 38.3 Å². The predicted molar refractivity (Wildman–Crippen MR) is 68.1 cm³/mol. The maximum absolute atomic E-state index is 12.7. The number of rotatable bonds is 3. The highest BCUT2D eigenvalue weighted by Gasteiger charge is 2.37. The molecule has 21 heavy (non-hydrogen) atoms. The summed E-state index contributed by atoms with van der Waals surface area (Å²) in [6, 6.07) is 0.844. The van der Waals surface area contributed by atoms with Gasteiger partial charge in [0.25, 0.3) is 0 Å². The van der Waals surface area contributed by atoms with E-state index >= 15 is 0 Å². The number of anilines is 1. The zero-order valence-electron chi connectivity index (χ0n) is 11.5. The van der Waals surface area contributed by atoms with Crippen molar-refractivity contribution in [2.45, 2.75) is 25.6 Å². The van der Waals surface area contributed by atoms with Crippen molar-refractivity contribution >= 4 is 17.3 Å². The third-order valence-corrected chi connectivity index (χ3v) is 3.34. The first kappa shape index (κ1) is 15.1. The Morgan fingerprint density at radius 1 is 1.38 bits per heavy atom. The molecule has 0 unspecified atom stereocenters. The second kappa shape index (κ2) is 4.61. The molecule has 0 spiro atoms. The fourth-order valence-corrected chi connectivity index (χ4v) is 1.71. The lowest BCUT2D eigenvalue weighted by Crippen LogP contribution is -2.48. The number of carbonyl (C=O) groups is 1. The molecular formula is C12H13F3N4O2. The van der Waals surface area contributed by atoms with E-state index in [4.69, 9.17) is 0 Å². The minimum Gasteiger partial charge on any atom is -0.480 e. The van der Waals surface area contributed by atoms with Crippen LogP contribution in [0.2, 0.25) is 0 Å². The average Bonchev–Trinajstić information content (AvgIpc) is 2.81. The molecule has 0 atom stereocenters. The molecule has 0 aliphatic rings. The molecule has 2 heterocycles. The smallest absolute Gasteiger partial charge is 0.435 e. The lowest BCUT2D eigenvalue weighted by molar-refractivity contribution is -0.142. The number of aromatic nitrogens is 3. The van der Waals surface area contributed by atoms with Gasteiger partial charge in [0.1, 0.15) is 11.1 Å². The van der Waals surface area contributed by atoms with Crippen LogP contribution in [0.25, 0.3) is 5.52 Å². The van der Waals surface area contributed by atoms with Gasteiger partial charge in [-0.05, 0) is 13.8 Å². The highest BCUT2D eigenvalue weighted by atomic mass is 19.4. The van der Waals surface area contributed by atoms with E-state index in [-0.39, 0.29) is 11.3 Å². The fourth-order valence-electron chi connectivity index (χ4n) is 1.71. The van der Waals surface area contributed by atoms with Gasteiger partial charge in [0.05, 0.1) is 0 Å². The summed E-state index contributed by atoms with van der Waals surface area (Å²) >= 11 is 0. The summed E-state index contributed by atoms with van der Waals surface area (Å²) in [7, 11) is 1.46. The second-order valence-electron chi connectivity index (χ2n) is 5.03. The Hall–Kier alpha value is -2.32. The molecule has 0 fully saturated rings. The van der Waals surface area contributed by atoms with E-state index in [0.717, 1.165) is 10.6 Å². The molecule has 6 nitrogen and oxygen atoms in total. The number of nitrogens with zero attached hydrogens (tertiary/aromatic N) is 4. The molecule has 0 radical (unpaired) electrons. The van der Waals surface area contributed by atoms with Crippen LogP contribution in [-0.2, 0) is 11.0 Å². The summed E-state index contributed by atoms with van der Waals surface area (Å²) in [5.74, 6) is -1.02. The number of aliphatic carboxylic acids is 1. The molecule has 1 N–H and O–H groups in total. The van der Waals surface area contributed by atoms with E-state index in [9.17, 15) is 23.1 Å². The van der Waals surface area contributed by atoms with Crippen molar-refractivity contribution in [2.75, 3.05) is 11.9 Å². The van der Waals surface area contributed by atoms with Gasteiger partial charge < -0.3 is 10.0 Å². The summed E-state index contributed by atoms with van der Waals surface area (Å²) in [5.41, 5.74) is -2.31. The number of halogens is 3. The topological polar surface area (TPSA) is 70.7 Å². The summed E-state index contributed by atoms with van der Waals surface area (Å²) in [4.78, 5) is 16.5. The minimum atomic E-state index is -4.58. The van der Waals surface area contributed by atoms with E-state index in [0.29, 0.717) is 0 Å². The molecule has 0 amide bonds. The first-order chi connectivity index (χ1) is 9.55. The second-order valence-corrected chi connectivity index (χ2v) is 5.03. The van der Waals surface area contributed by atoms with Crippen LogP contribution in [0.4, 0.5) is 19.0 Å². The Labute approximate surface area is 117 Å². The van der Waals surface area contributed by atoms with Gasteiger partial charge in [-0.1, -0.05) is 0 Å². The lowest BCUT2D eigenvalue weighted by Gasteiger charge is -2.32. The van der Waals surface area contributed by atoms with Gasteiger partial charge in [0, 0.05) is 25.5 Å². The zero-order chi connectivity index (χ0) is 16.0. The Morgan fingerprint density at radius 2 is 2.00 bits per heavy atom. The van der Waals surface area contributed by atoms with Gasteiger partial charge in [0.2, 0.25) is 0 Å². The number of alkyl halides is 3. The van der Waals surface area contributed by atoms with Crippen molar-refractivity contribution in [3.8, 4) is 0 Å². The standard InChI is InChI=1S/C12H13F3N4O2/c1-11(2,10(20)21)18(3)9-7-6-8(12(13,14)15)17-19(7)5-4-16-9/h4-6H,1-3H3,(H,20,21). The number of carboxylic acid groups (broad SMARTS) is 1. The lowest BCUT2D eigenvalue weighted by atomic mass is 10.0. The third-order valence-electron chi connectivity index (χ3n) is 3.34. The predicted octanol–water partition coefficient (Wildman–Crippen LogP) is 2.05. The van der Waals surface area contributed by atoms with Gasteiger partial charge in [-0.3, -0.25) is 0 Å². The Bertz CT molecular complexity index is 693. The van der Waals surface area contributed by atoms with Crippen LogP contribution in [0, 0.1) is 0 Å². The van der Waals surface area contributed by atoms with E-state index in [1.165, 1.54) is 38.2 Å². The quantitative estimate of drug-likeness (QED) is 0.939. The molecule has 0 aliphatic carbocycles. The molecule has 2 aromatic rings. The Balaban J connectivity index is 2.60. The largest absolute Gasteiger partial charge is 0.480 e. The molecular weight excluding hydrogens is 289 g/mol. The van der Waals surface area contributed by atoms with Gasteiger partial charge in [0.15, 0.2) is 11.5 Å². The SMILES string of the molecule is CN(c1nccn2nc(C(F)(F)F)cc12)C(C)(C)C(=O)O. The highest BCUT2D eigenvalue weighted by molar-refractivity contribution is 5.84. The van der Waals surface area contributed by atoms with Crippen molar-refractivity contribution < 1.29 is 23.1 Å². The van der Waals surface area contributed by atoms with Crippen molar-refractivity contribution in [3.63, 3.8) is 0 Å². The molecule has 2 aromatic heterocycles. The molecule has 0 bridgehead atoms. The van der Waals surface area contributed by atoms with Crippen molar-refractivity contribution in [2.24, 2.45) is 0 Å². The normalized spacial score (nSPS) is 12.7. The Morgan fingerprint density at radius 3 is 2.52 bits per heavy atom. The van der Waals surface area contributed by atoms with E-state index in [1.807, 2.05) is 0 Å². The first-order valence-corrected chi connectivity index (χ1v) is 5.94. The van der Waals surface area contributed by atoms with Crippen LogP contribution in [0.5, 0.6) is 0 Å². The van der Waals surface area contributed by atoms with Crippen LogP contribution in [0.3, 0.4) is 0 Å². The molecule has 2 rings (SSSR count). The molecule has 0 aliphatic heterocycles. The first-order valence-electron chi connectivity index (χ1n) is 5.94. The van der Waals surface area contributed by atoms with Crippen molar-refractivity contribution in [1.29, 1.82) is 0 Å². The average molecular weight is 302 g/mol. The van der Waals surface area contributed by atoms with Crippen LogP contribution >= 0.6 is 0 Å². The summed E-state index contributed by atoms with van der Waals surface area (Å²) in [5, 5.41) is 12.6. The summed E-state index contributed by atoms with van der Waals surface area (Å²) in [6.45, 7) is 2.86. The fraction of sp³-hybridized carbons (Fsp3) is 0.417. The number of likely N-dealkylation sites (N-methyl/N-ethyl adjacent to an activating group) is 1. The zero-order valence-corrected chi connectivity index (χ0v) is 11.5. The van der Waals surface area contributed by atoms with Gasteiger partial charge in [-0.2, -0.15) is 18.3 Å². The molecule has 0 aromatic carbocycles. The van der Waals surface area contributed by atoms with E-state index in [2.05, 4.69) is 10.1 Å². The number of fused-ring (bicyclic) bond motifs is 1. The highest BCUT2D eigenvalue weighted by Crippen LogP contribution is 2.32. The van der Waals surface area contributed by atoms with Gasteiger partial charge in [-0.15, -0.1) is 0 Å². The van der Waals surface area contributed by atoms with Crippen LogP contribution in [0.1, 0.15) is 19.5 Å². The number of carboxylic acids is 1. The third kappa shape index (κ3) is 2.50. The molecule has 114 valence electrons. The number of hydrogen-bond donors (Lipinski definition) is 1. The minimum absolute atomic E-state index is 0.0849. The van der Waals surface area contributed by atoms with Crippen LogP contribution < -0.4 is 4.90 Å². The maximum atomic E-state index is 12.7. The monoisotopic (exact) mass is 302 g/mol. The van der Waals surface area contributed by atoms with Crippen molar-refractivity contribution in [3.05, 3.63) is 24.2 Å². The Kier molecular flexibility index (Phi) is 3.31. The molecule has 9 heteroatoms. The van der Waals surface area contributed by atoms with E-state index in [1.54, 1.807) is 0 Å².